The van der Waals surface area contributed by atoms with E-state index in [9.17, 15) is 41.4 Å². The average Bonchev–Trinajstić information content (AvgIpc) is 3.22. The summed E-state index contributed by atoms with van der Waals surface area (Å²) >= 11 is 0. The normalized spacial score (nSPS) is 12.5. The Balaban J connectivity index is 2.05. The fraction of sp³-hybridized carbons (Fsp3) is 0.300. The van der Waals surface area contributed by atoms with Crippen molar-refractivity contribution in [3.8, 4) is 28.4 Å². The van der Waals surface area contributed by atoms with Gasteiger partial charge in [0.05, 0.1) is 30.7 Å². The molecule has 2 aromatic heterocycles. The van der Waals surface area contributed by atoms with Crippen molar-refractivity contribution in [1.29, 1.82) is 0 Å². The third-order valence-electron chi connectivity index (χ3n) is 4.74. The Bertz CT molecular complexity index is 1190. The highest BCUT2D eigenvalue weighted by Crippen LogP contribution is 2.31. The van der Waals surface area contributed by atoms with Crippen LogP contribution in [0.4, 0.5) is 26.3 Å². The lowest BCUT2D eigenvalue weighted by molar-refractivity contribution is -0.274. The zero-order valence-corrected chi connectivity index (χ0v) is 17.7. The summed E-state index contributed by atoms with van der Waals surface area (Å²) in [7, 11) is 1.57. The first-order valence-electron chi connectivity index (χ1n) is 9.62. The fourth-order valence-electron chi connectivity index (χ4n) is 2.87. The van der Waals surface area contributed by atoms with Gasteiger partial charge in [-0.25, -0.2) is 9.97 Å². The van der Waals surface area contributed by atoms with Crippen LogP contribution in [-0.2, 0) is 7.05 Å². The standard InChI is InChI=1S/C20H17F6N5O4/c1-31-8-12(7-27-31)16-28-14(11-2-4-13(5-3-11)35-20(24,25)26)6-15(29-16)17(34)30-18(9-32,10-33)19(21,22)23/h2-8,32-33H,9-10H2,1H3,(H,30,34). The summed E-state index contributed by atoms with van der Waals surface area (Å²) in [5, 5.41) is 24.0. The van der Waals surface area contributed by atoms with Crippen molar-refractivity contribution in [3.63, 3.8) is 0 Å². The molecule has 3 aromatic rings. The van der Waals surface area contributed by atoms with Gasteiger partial charge in [0.2, 0.25) is 0 Å². The highest BCUT2D eigenvalue weighted by molar-refractivity contribution is 5.94. The van der Waals surface area contributed by atoms with Crippen LogP contribution in [0.15, 0.2) is 42.7 Å². The number of nitrogens with zero attached hydrogens (tertiary/aromatic N) is 4. The second-order valence-corrected chi connectivity index (χ2v) is 7.29. The molecule has 0 aliphatic heterocycles. The molecule has 0 spiro atoms. The van der Waals surface area contributed by atoms with E-state index < -0.39 is 48.6 Å². The van der Waals surface area contributed by atoms with Crippen LogP contribution in [0, 0.1) is 0 Å². The molecule has 0 saturated carbocycles. The van der Waals surface area contributed by atoms with E-state index >= 15 is 0 Å². The second-order valence-electron chi connectivity index (χ2n) is 7.29. The molecule has 0 aliphatic rings. The van der Waals surface area contributed by atoms with Crippen molar-refractivity contribution in [3.05, 3.63) is 48.4 Å². The van der Waals surface area contributed by atoms with E-state index in [0.717, 1.165) is 18.2 Å². The van der Waals surface area contributed by atoms with E-state index in [1.807, 2.05) is 0 Å². The van der Waals surface area contributed by atoms with E-state index in [-0.39, 0.29) is 22.6 Å². The molecule has 2 heterocycles. The number of aryl methyl sites for hydroxylation is 1. The molecule has 0 radical (unpaired) electrons. The molecule has 35 heavy (non-hydrogen) atoms. The number of hydrogen-bond acceptors (Lipinski definition) is 7. The average molecular weight is 505 g/mol. The zero-order chi connectivity index (χ0) is 26.0. The number of carbonyl (C=O) groups excluding carboxylic acids is 1. The van der Waals surface area contributed by atoms with Crippen molar-refractivity contribution in [1.82, 2.24) is 25.1 Å². The van der Waals surface area contributed by atoms with Crippen LogP contribution in [0.25, 0.3) is 22.6 Å². The maximum absolute atomic E-state index is 13.4. The molecule has 188 valence electrons. The number of alkyl halides is 6. The molecule has 1 aromatic carbocycles. The number of amides is 1. The van der Waals surface area contributed by atoms with Crippen LogP contribution in [0.1, 0.15) is 10.5 Å². The fourth-order valence-corrected chi connectivity index (χ4v) is 2.87. The molecular weight excluding hydrogens is 488 g/mol. The molecule has 9 nitrogen and oxygen atoms in total. The third-order valence-corrected chi connectivity index (χ3v) is 4.74. The van der Waals surface area contributed by atoms with Gasteiger partial charge in [0.25, 0.3) is 5.91 Å². The number of carbonyl (C=O) groups is 1. The van der Waals surface area contributed by atoms with Crippen LogP contribution < -0.4 is 10.1 Å². The first kappa shape index (κ1) is 25.9. The maximum atomic E-state index is 13.4. The minimum atomic E-state index is -5.21. The van der Waals surface area contributed by atoms with E-state index in [1.54, 1.807) is 12.4 Å². The van der Waals surface area contributed by atoms with E-state index in [2.05, 4.69) is 19.8 Å². The van der Waals surface area contributed by atoms with E-state index in [4.69, 9.17) is 0 Å². The lowest BCUT2D eigenvalue weighted by atomic mass is 10.0. The van der Waals surface area contributed by atoms with Gasteiger partial charge in [-0.05, 0) is 30.3 Å². The Kier molecular flexibility index (Phi) is 7.03. The van der Waals surface area contributed by atoms with Gasteiger partial charge < -0.3 is 20.3 Å². The first-order valence-corrected chi connectivity index (χ1v) is 9.62. The summed E-state index contributed by atoms with van der Waals surface area (Å²) in [6.45, 7) is -3.29. The van der Waals surface area contributed by atoms with Crippen molar-refractivity contribution in [2.24, 2.45) is 7.05 Å². The lowest BCUT2D eigenvalue weighted by Crippen LogP contribution is -2.63. The van der Waals surface area contributed by atoms with Crippen LogP contribution in [0.3, 0.4) is 0 Å². The van der Waals surface area contributed by atoms with E-state index in [1.165, 1.54) is 29.2 Å². The van der Waals surface area contributed by atoms with Crippen LogP contribution in [-0.4, -0.2) is 67.2 Å². The van der Waals surface area contributed by atoms with Gasteiger partial charge in [-0.15, -0.1) is 13.2 Å². The SMILES string of the molecule is Cn1cc(-c2nc(C(=O)NC(CO)(CO)C(F)(F)F)cc(-c3ccc(OC(F)(F)F)cc3)n2)cn1. The van der Waals surface area contributed by atoms with Gasteiger partial charge in [0, 0.05) is 18.8 Å². The predicted molar refractivity (Wildman–Crippen MR) is 107 cm³/mol. The quantitative estimate of drug-likeness (QED) is 0.422. The molecule has 1 amide bonds. The van der Waals surface area contributed by atoms with Gasteiger partial charge in [0.15, 0.2) is 11.4 Å². The number of aliphatic hydroxyl groups is 2. The summed E-state index contributed by atoms with van der Waals surface area (Å²) < 4.78 is 82.7. The monoisotopic (exact) mass is 505 g/mol. The van der Waals surface area contributed by atoms with Gasteiger partial charge in [-0.1, -0.05) is 0 Å². The first-order chi connectivity index (χ1) is 16.3. The molecule has 0 fully saturated rings. The van der Waals surface area contributed by atoms with Crippen molar-refractivity contribution in [2.75, 3.05) is 13.2 Å². The summed E-state index contributed by atoms with van der Waals surface area (Å²) in [6, 6.07) is 5.37. The maximum Gasteiger partial charge on any atom is 0.573 e. The molecule has 3 rings (SSSR count). The molecule has 3 N–H and O–H groups in total. The molecule has 0 atom stereocenters. The minimum Gasteiger partial charge on any atom is -0.406 e. The van der Waals surface area contributed by atoms with Gasteiger partial charge in [-0.3, -0.25) is 9.48 Å². The molecule has 0 bridgehead atoms. The number of aromatic nitrogens is 4. The Morgan fingerprint density at radius 2 is 1.66 bits per heavy atom. The van der Waals surface area contributed by atoms with Crippen molar-refractivity contribution in [2.45, 2.75) is 18.1 Å². The third kappa shape index (κ3) is 5.86. The molecule has 0 aliphatic carbocycles. The van der Waals surface area contributed by atoms with Gasteiger partial charge >= 0.3 is 12.5 Å². The number of hydrogen-bond donors (Lipinski definition) is 3. The molecule has 15 heteroatoms. The minimum absolute atomic E-state index is 0.0202. The topological polar surface area (TPSA) is 122 Å². The molecular formula is C20H17F6N5O4. The highest BCUT2D eigenvalue weighted by atomic mass is 19.4. The van der Waals surface area contributed by atoms with Crippen molar-refractivity contribution >= 4 is 5.91 Å². The van der Waals surface area contributed by atoms with Crippen molar-refractivity contribution < 1.29 is 46.1 Å². The lowest BCUT2D eigenvalue weighted by Gasteiger charge is -2.32. The van der Waals surface area contributed by atoms with Crippen LogP contribution in [0.2, 0.25) is 0 Å². The Morgan fingerprint density at radius 1 is 1.03 bits per heavy atom. The van der Waals surface area contributed by atoms with Gasteiger partial charge in [-0.2, -0.15) is 18.3 Å². The molecule has 0 unspecified atom stereocenters. The number of benzene rings is 1. The zero-order valence-electron chi connectivity index (χ0n) is 17.7. The summed E-state index contributed by atoms with van der Waals surface area (Å²) in [4.78, 5) is 20.9. The number of nitrogens with one attached hydrogen (secondary N) is 1. The number of aliphatic hydroxyl groups excluding tert-OH is 2. The smallest absolute Gasteiger partial charge is 0.406 e. The number of halogens is 6. The Labute approximate surface area is 193 Å². The Morgan fingerprint density at radius 3 is 2.14 bits per heavy atom. The summed E-state index contributed by atoms with van der Waals surface area (Å²) in [5.41, 5.74) is -3.47. The predicted octanol–water partition coefficient (Wildman–Crippen LogP) is 2.46. The van der Waals surface area contributed by atoms with Gasteiger partial charge in [0.1, 0.15) is 11.4 Å². The highest BCUT2D eigenvalue weighted by Gasteiger charge is 2.55. The molecule has 0 saturated heterocycles. The van der Waals surface area contributed by atoms with Crippen LogP contribution in [0.5, 0.6) is 5.75 Å². The summed E-state index contributed by atoms with van der Waals surface area (Å²) in [5.74, 6) is -2.04. The number of rotatable bonds is 7. The second kappa shape index (κ2) is 9.50. The van der Waals surface area contributed by atoms with Crippen LogP contribution >= 0.6 is 0 Å². The number of ether oxygens (including phenoxy) is 1. The largest absolute Gasteiger partial charge is 0.573 e. The van der Waals surface area contributed by atoms with E-state index in [0.29, 0.717) is 0 Å². The summed E-state index contributed by atoms with van der Waals surface area (Å²) in [6.07, 6.45) is -7.34. The Hall–Kier alpha value is -3.72.